The molecular formula is C21H25N3O. The van der Waals surface area contributed by atoms with Gasteiger partial charge in [-0.3, -0.25) is 4.79 Å². The fourth-order valence-corrected chi connectivity index (χ4v) is 2.98. The summed E-state index contributed by atoms with van der Waals surface area (Å²) in [6.07, 6.45) is 1.65. The van der Waals surface area contributed by atoms with Gasteiger partial charge in [0, 0.05) is 13.0 Å². The Bertz CT molecular complexity index is 881. The monoisotopic (exact) mass is 335 g/mol. The predicted molar refractivity (Wildman–Crippen MR) is 102 cm³/mol. The molecule has 0 fully saturated rings. The van der Waals surface area contributed by atoms with Crippen molar-refractivity contribution in [2.75, 3.05) is 6.54 Å². The van der Waals surface area contributed by atoms with Crippen molar-refractivity contribution in [2.24, 2.45) is 0 Å². The molecule has 0 aliphatic rings. The van der Waals surface area contributed by atoms with Crippen LogP contribution in [-0.4, -0.2) is 22.0 Å². The van der Waals surface area contributed by atoms with E-state index in [1.54, 1.807) is 0 Å². The second kappa shape index (κ2) is 7.51. The van der Waals surface area contributed by atoms with Crippen LogP contribution in [0.2, 0.25) is 0 Å². The Morgan fingerprint density at radius 1 is 1.12 bits per heavy atom. The van der Waals surface area contributed by atoms with Crippen molar-refractivity contribution in [3.8, 4) is 0 Å². The third kappa shape index (κ3) is 3.90. The molecule has 0 aliphatic heterocycles. The Morgan fingerprint density at radius 2 is 1.84 bits per heavy atom. The number of benzene rings is 2. The first kappa shape index (κ1) is 17.2. The minimum absolute atomic E-state index is 0.0358. The van der Waals surface area contributed by atoms with Crippen LogP contribution in [0.3, 0.4) is 0 Å². The average molecular weight is 335 g/mol. The molecule has 4 nitrogen and oxygen atoms in total. The second-order valence-corrected chi connectivity index (χ2v) is 6.55. The third-order valence-corrected chi connectivity index (χ3v) is 4.52. The Kier molecular flexibility index (Phi) is 5.17. The molecule has 0 aliphatic carbocycles. The fourth-order valence-electron chi connectivity index (χ4n) is 2.98. The van der Waals surface area contributed by atoms with E-state index in [0.717, 1.165) is 23.3 Å². The van der Waals surface area contributed by atoms with Gasteiger partial charge in [-0.2, -0.15) is 0 Å². The van der Waals surface area contributed by atoms with Crippen LogP contribution < -0.4 is 5.32 Å². The first-order valence-corrected chi connectivity index (χ1v) is 8.85. The number of rotatable bonds is 6. The summed E-state index contributed by atoms with van der Waals surface area (Å²) >= 11 is 0. The Morgan fingerprint density at radius 3 is 2.56 bits per heavy atom. The van der Waals surface area contributed by atoms with Gasteiger partial charge in [-0.1, -0.05) is 37.3 Å². The van der Waals surface area contributed by atoms with Crippen molar-refractivity contribution in [1.82, 2.24) is 14.9 Å². The van der Waals surface area contributed by atoms with Crippen LogP contribution in [0.1, 0.15) is 35.9 Å². The molecule has 0 bridgehead atoms. The van der Waals surface area contributed by atoms with Crippen molar-refractivity contribution in [2.45, 2.75) is 40.2 Å². The Balaban J connectivity index is 2.01. The van der Waals surface area contributed by atoms with Crippen LogP contribution in [-0.2, 0) is 17.8 Å². The summed E-state index contributed by atoms with van der Waals surface area (Å²) in [7, 11) is 0. The smallest absolute Gasteiger partial charge is 0.240 e. The molecule has 0 radical (unpaired) electrons. The van der Waals surface area contributed by atoms with Crippen LogP contribution in [0.5, 0.6) is 0 Å². The predicted octanol–water partition coefficient (Wildman–Crippen LogP) is 3.77. The van der Waals surface area contributed by atoms with E-state index in [0.29, 0.717) is 19.5 Å². The highest BCUT2D eigenvalue weighted by atomic mass is 16.1. The summed E-state index contributed by atoms with van der Waals surface area (Å²) in [5.74, 6) is 0.964. The summed E-state index contributed by atoms with van der Waals surface area (Å²) < 4.78 is 2.06. The lowest BCUT2D eigenvalue weighted by molar-refractivity contribution is -0.121. The molecule has 0 saturated heterocycles. The molecule has 4 heteroatoms. The molecule has 130 valence electrons. The zero-order valence-corrected chi connectivity index (χ0v) is 15.2. The number of carbonyl (C=O) groups excluding carboxylic acids is 1. The molecule has 2 aromatic carbocycles. The fraction of sp³-hybridized carbons (Fsp3) is 0.333. The standard InChI is InChI=1S/C21H25N3O/c1-4-10-22-21(25)14-24-19-12-16(3)15(2)11-18(19)23-20(24)13-17-8-6-5-7-9-17/h5-9,11-12H,4,10,13-14H2,1-3H3,(H,22,25). The van der Waals surface area contributed by atoms with E-state index in [-0.39, 0.29) is 5.91 Å². The number of aryl methyl sites for hydroxylation is 2. The highest BCUT2D eigenvalue weighted by Crippen LogP contribution is 2.22. The number of aromatic nitrogens is 2. The minimum Gasteiger partial charge on any atom is -0.355 e. The number of hydrogen-bond acceptors (Lipinski definition) is 2. The molecule has 0 atom stereocenters. The molecule has 3 rings (SSSR count). The van der Waals surface area contributed by atoms with E-state index in [4.69, 9.17) is 4.98 Å². The van der Waals surface area contributed by atoms with Crippen molar-refractivity contribution in [1.29, 1.82) is 0 Å². The lowest BCUT2D eigenvalue weighted by Gasteiger charge is -2.10. The van der Waals surface area contributed by atoms with Gasteiger partial charge in [0.2, 0.25) is 5.91 Å². The van der Waals surface area contributed by atoms with Gasteiger partial charge in [0.05, 0.1) is 11.0 Å². The summed E-state index contributed by atoms with van der Waals surface area (Å²) in [6.45, 7) is 7.26. The highest BCUT2D eigenvalue weighted by Gasteiger charge is 2.15. The lowest BCUT2D eigenvalue weighted by Crippen LogP contribution is -2.28. The Labute approximate surface area is 148 Å². The van der Waals surface area contributed by atoms with Crippen LogP contribution in [0, 0.1) is 13.8 Å². The van der Waals surface area contributed by atoms with Gasteiger partial charge in [0.15, 0.2) is 0 Å². The van der Waals surface area contributed by atoms with E-state index >= 15 is 0 Å². The van der Waals surface area contributed by atoms with Gasteiger partial charge in [-0.25, -0.2) is 4.98 Å². The summed E-state index contributed by atoms with van der Waals surface area (Å²) in [5, 5.41) is 2.96. The Hall–Kier alpha value is -2.62. The molecule has 1 amide bonds. The molecule has 1 heterocycles. The van der Waals surface area contributed by atoms with Crippen LogP contribution in [0.25, 0.3) is 11.0 Å². The maximum Gasteiger partial charge on any atom is 0.240 e. The first-order chi connectivity index (χ1) is 12.1. The van der Waals surface area contributed by atoms with Crippen LogP contribution >= 0.6 is 0 Å². The highest BCUT2D eigenvalue weighted by molar-refractivity contribution is 5.82. The minimum atomic E-state index is 0.0358. The molecule has 1 aromatic heterocycles. The second-order valence-electron chi connectivity index (χ2n) is 6.55. The quantitative estimate of drug-likeness (QED) is 0.745. The normalized spacial score (nSPS) is 11.0. The van der Waals surface area contributed by atoms with Gasteiger partial charge >= 0.3 is 0 Å². The first-order valence-electron chi connectivity index (χ1n) is 8.85. The number of carbonyl (C=O) groups is 1. The number of imidazole rings is 1. The summed E-state index contributed by atoms with van der Waals surface area (Å²) in [5.41, 5.74) is 5.62. The van der Waals surface area contributed by atoms with Crippen LogP contribution in [0.4, 0.5) is 0 Å². The number of amides is 1. The van der Waals surface area contributed by atoms with Gasteiger partial charge in [-0.05, 0) is 49.1 Å². The number of fused-ring (bicyclic) bond motifs is 1. The van der Waals surface area contributed by atoms with Crippen molar-refractivity contribution in [3.63, 3.8) is 0 Å². The topological polar surface area (TPSA) is 46.9 Å². The van der Waals surface area contributed by atoms with Gasteiger partial charge < -0.3 is 9.88 Å². The molecule has 25 heavy (non-hydrogen) atoms. The number of nitrogens with zero attached hydrogens (tertiary/aromatic N) is 2. The molecular weight excluding hydrogens is 310 g/mol. The van der Waals surface area contributed by atoms with Crippen LogP contribution in [0.15, 0.2) is 42.5 Å². The van der Waals surface area contributed by atoms with E-state index < -0.39 is 0 Å². The van der Waals surface area contributed by atoms with Crippen molar-refractivity contribution >= 4 is 16.9 Å². The van der Waals surface area contributed by atoms with Crippen molar-refractivity contribution < 1.29 is 4.79 Å². The largest absolute Gasteiger partial charge is 0.355 e. The molecule has 0 saturated carbocycles. The van der Waals surface area contributed by atoms with Gasteiger partial charge in [-0.15, -0.1) is 0 Å². The van der Waals surface area contributed by atoms with Crippen molar-refractivity contribution in [3.05, 3.63) is 65.0 Å². The molecule has 1 N–H and O–H groups in total. The SMILES string of the molecule is CCCNC(=O)Cn1c(Cc2ccccc2)nc2cc(C)c(C)cc21. The average Bonchev–Trinajstić information content (AvgIpc) is 2.91. The zero-order valence-electron chi connectivity index (χ0n) is 15.2. The summed E-state index contributed by atoms with van der Waals surface area (Å²) in [6, 6.07) is 14.5. The zero-order chi connectivity index (χ0) is 17.8. The summed E-state index contributed by atoms with van der Waals surface area (Å²) in [4.78, 5) is 17.1. The van der Waals surface area contributed by atoms with E-state index in [1.807, 2.05) is 18.2 Å². The van der Waals surface area contributed by atoms with E-state index in [1.165, 1.54) is 16.7 Å². The maximum absolute atomic E-state index is 12.3. The maximum atomic E-state index is 12.3. The number of nitrogens with one attached hydrogen (secondary N) is 1. The molecule has 3 aromatic rings. The molecule has 0 spiro atoms. The lowest BCUT2D eigenvalue weighted by atomic mass is 10.1. The third-order valence-electron chi connectivity index (χ3n) is 4.52. The number of hydrogen-bond donors (Lipinski definition) is 1. The van der Waals surface area contributed by atoms with Gasteiger partial charge in [0.25, 0.3) is 0 Å². The van der Waals surface area contributed by atoms with E-state index in [2.05, 4.69) is 54.9 Å². The molecule has 0 unspecified atom stereocenters. The van der Waals surface area contributed by atoms with Gasteiger partial charge in [0.1, 0.15) is 12.4 Å². The van der Waals surface area contributed by atoms with E-state index in [9.17, 15) is 4.79 Å².